The van der Waals surface area contributed by atoms with Crippen LogP contribution in [0, 0.1) is 5.41 Å². The van der Waals surface area contributed by atoms with Gasteiger partial charge in [0.1, 0.15) is 0 Å². The van der Waals surface area contributed by atoms with Gasteiger partial charge in [-0.3, -0.25) is 9.59 Å². The van der Waals surface area contributed by atoms with Gasteiger partial charge in [-0.1, -0.05) is 0 Å². The van der Waals surface area contributed by atoms with Crippen LogP contribution < -0.4 is 5.32 Å². The molecule has 2 heterocycles. The predicted octanol–water partition coefficient (Wildman–Crippen LogP) is 3.58. The Morgan fingerprint density at radius 2 is 1.85 bits per heavy atom. The quantitative estimate of drug-likeness (QED) is 0.907. The molecule has 0 saturated heterocycles. The summed E-state index contributed by atoms with van der Waals surface area (Å²) < 4.78 is 2.16. The Labute approximate surface area is 125 Å². The molecule has 2 rings (SSSR count). The molecule has 0 radical (unpaired) electrons. The number of carboxylic acid groups (broad SMARTS) is 1. The molecule has 0 aliphatic carbocycles. The third kappa shape index (κ3) is 2.45. The number of thiophene rings is 2. The summed E-state index contributed by atoms with van der Waals surface area (Å²) in [7, 11) is 0. The number of fused-ring (bicyclic) bond motifs is 1. The third-order valence-corrected chi connectivity index (χ3v) is 5.98. The molecule has 0 atom stereocenters. The molecule has 0 saturated carbocycles. The molecule has 2 aromatic heterocycles. The number of nitrogens with one attached hydrogen (secondary N) is 1. The number of hydrogen-bond donors (Lipinski definition) is 2. The number of carbonyl (C=O) groups excluding carboxylic acids is 1. The van der Waals surface area contributed by atoms with Gasteiger partial charge in [0.05, 0.1) is 15.8 Å². The monoisotopic (exact) mass is 311 g/mol. The normalized spacial score (nSPS) is 12.6. The molecule has 0 unspecified atom stereocenters. The molecule has 20 heavy (non-hydrogen) atoms. The minimum atomic E-state index is -1.06. The fourth-order valence-corrected chi connectivity index (χ4v) is 3.65. The van der Waals surface area contributed by atoms with Crippen LogP contribution in [-0.2, 0) is 4.79 Å². The van der Waals surface area contributed by atoms with Gasteiger partial charge in [0.25, 0.3) is 5.91 Å². The van der Waals surface area contributed by atoms with Gasteiger partial charge in [0, 0.05) is 9.40 Å². The molecule has 0 aliphatic rings. The molecule has 0 aliphatic heterocycles. The van der Waals surface area contributed by atoms with Gasteiger partial charge in [0.2, 0.25) is 0 Å². The van der Waals surface area contributed by atoms with Crippen molar-refractivity contribution in [2.24, 2.45) is 5.41 Å². The number of hydrogen-bond acceptors (Lipinski definition) is 4. The second-order valence-electron chi connectivity index (χ2n) is 5.77. The minimum Gasteiger partial charge on any atom is -0.481 e. The summed E-state index contributed by atoms with van der Waals surface area (Å²) in [4.78, 5) is 24.3. The van der Waals surface area contributed by atoms with Crippen molar-refractivity contribution in [2.45, 2.75) is 33.2 Å². The lowest BCUT2D eigenvalue weighted by molar-refractivity contribution is -0.150. The number of aliphatic carboxylic acids is 1. The van der Waals surface area contributed by atoms with Gasteiger partial charge < -0.3 is 10.4 Å². The zero-order chi connectivity index (χ0) is 15.1. The van der Waals surface area contributed by atoms with Gasteiger partial charge in [-0.05, 0) is 45.2 Å². The Morgan fingerprint density at radius 1 is 1.20 bits per heavy atom. The van der Waals surface area contributed by atoms with E-state index >= 15 is 0 Å². The van der Waals surface area contributed by atoms with Crippen LogP contribution in [0.1, 0.15) is 37.4 Å². The summed E-state index contributed by atoms with van der Waals surface area (Å²) >= 11 is 3.01. The van der Waals surface area contributed by atoms with E-state index in [1.165, 1.54) is 11.3 Å². The summed E-state index contributed by atoms with van der Waals surface area (Å²) in [6, 6.07) is 3.83. The topological polar surface area (TPSA) is 66.4 Å². The van der Waals surface area contributed by atoms with Crippen LogP contribution in [-0.4, -0.2) is 22.5 Å². The minimum absolute atomic E-state index is 0.224. The zero-order valence-electron chi connectivity index (χ0n) is 11.8. The van der Waals surface area contributed by atoms with Crippen molar-refractivity contribution < 1.29 is 14.7 Å². The fourth-order valence-electron chi connectivity index (χ4n) is 1.65. The van der Waals surface area contributed by atoms with Crippen molar-refractivity contribution in [3.05, 3.63) is 22.4 Å². The highest BCUT2D eigenvalue weighted by Gasteiger charge is 2.44. The number of amides is 1. The largest absolute Gasteiger partial charge is 0.481 e. The van der Waals surface area contributed by atoms with Crippen LogP contribution in [0.2, 0.25) is 0 Å². The van der Waals surface area contributed by atoms with Crippen molar-refractivity contribution >= 4 is 43.9 Å². The Balaban J connectivity index is 2.22. The van der Waals surface area contributed by atoms with Crippen LogP contribution in [0.25, 0.3) is 9.40 Å². The van der Waals surface area contributed by atoms with E-state index in [9.17, 15) is 14.7 Å². The van der Waals surface area contributed by atoms with E-state index in [1.807, 2.05) is 17.5 Å². The van der Waals surface area contributed by atoms with Gasteiger partial charge in [-0.25, -0.2) is 0 Å². The molecule has 0 bridgehead atoms. The first kappa shape index (κ1) is 15.0. The van der Waals surface area contributed by atoms with Crippen LogP contribution in [0.4, 0.5) is 0 Å². The van der Waals surface area contributed by atoms with E-state index in [0.717, 1.165) is 9.40 Å². The molecule has 108 valence electrons. The Morgan fingerprint density at radius 3 is 2.40 bits per heavy atom. The van der Waals surface area contributed by atoms with Crippen LogP contribution in [0.15, 0.2) is 17.5 Å². The first-order valence-electron chi connectivity index (χ1n) is 6.18. The van der Waals surface area contributed by atoms with Crippen molar-refractivity contribution in [1.29, 1.82) is 0 Å². The number of carboxylic acids is 1. The van der Waals surface area contributed by atoms with E-state index < -0.39 is 16.9 Å². The highest BCUT2D eigenvalue weighted by atomic mass is 32.1. The summed E-state index contributed by atoms with van der Waals surface area (Å²) in [5, 5.41) is 14.1. The van der Waals surface area contributed by atoms with Crippen LogP contribution in [0.3, 0.4) is 0 Å². The van der Waals surface area contributed by atoms with E-state index in [-0.39, 0.29) is 5.91 Å². The molecule has 0 spiro atoms. The van der Waals surface area contributed by atoms with Gasteiger partial charge in [0.15, 0.2) is 0 Å². The average molecular weight is 311 g/mol. The van der Waals surface area contributed by atoms with E-state index in [2.05, 4.69) is 5.32 Å². The lowest BCUT2D eigenvalue weighted by Crippen LogP contribution is -2.56. The van der Waals surface area contributed by atoms with Crippen LogP contribution in [0.5, 0.6) is 0 Å². The summed E-state index contributed by atoms with van der Waals surface area (Å²) in [6.45, 7) is 6.69. The van der Waals surface area contributed by atoms with Gasteiger partial charge in [-0.2, -0.15) is 0 Å². The van der Waals surface area contributed by atoms with E-state index in [4.69, 9.17) is 0 Å². The molecule has 0 fully saturated rings. The fraction of sp³-hybridized carbons (Fsp3) is 0.429. The lowest BCUT2D eigenvalue weighted by Gasteiger charge is -2.38. The summed E-state index contributed by atoms with van der Waals surface area (Å²) in [5.74, 6) is -1.16. The molecule has 2 aromatic rings. The maximum absolute atomic E-state index is 12.3. The van der Waals surface area contributed by atoms with Crippen molar-refractivity contribution in [3.8, 4) is 0 Å². The molecule has 0 aromatic carbocycles. The maximum Gasteiger partial charge on any atom is 0.311 e. The van der Waals surface area contributed by atoms with Crippen molar-refractivity contribution in [1.82, 2.24) is 5.32 Å². The molecule has 1 amide bonds. The third-order valence-electron chi connectivity index (χ3n) is 3.89. The molecule has 4 nitrogen and oxygen atoms in total. The number of carbonyl (C=O) groups is 2. The Hall–Kier alpha value is -1.40. The van der Waals surface area contributed by atoms with Crippen molar-refractivity contribution in [2.75, 3.05) is 0 Å². The molecular weight excluding hydrogens is 294 g/mol. The Bertz CT molecular complexity index is 638. The smallest absolute Gasteiger partial charge is 0.311 e. The first-order chi connectivity index (χ1) is 9.15. The summed E-state index contributed by atoms with van der Waals surface area (Å²) in [5.41, 5.74) is -1.91. The highest BCUT2D eigenvalue weighted by Crippen LogP contribution is 2.33. The zero-order valence-corrected chi connectivity index (χ0v) is 13.4. The maximum atomic E-state index is 12.3. The SMILES string of the molecule is CC(C)(NC(=O)c1cc2sccc2s1)C(C)(C)C(=O)O. The second kappa shape index (κ2) is 4.86. The Kier molecular flexibility index (Phi) is 3.64. The molecule has 2 N–H and O–H groups in total. The second-order valence-corrected chi connectivity index (χ2v) is 7.80. The molecule has 6 heteroatoms. The highest BCUT2D eigenvalue weighted by molar-refractivity contribution is 7.27. The van der Waals surface area contributed by atoms with E-state index in [1.54, 1.807) is 39.0 Å². The van der Waals surface area contributed by atoms with Crippen molar-refractivity contribution in [3.63, 3.8) is 0 Å². The lowest BCUT2D eigenvalue weighted by atomic mass is 9.74. The standard InChI is InChI=1S/C14H17NO3S2/c1-13(2,12(17)18)14(3,4)15-11(16)10-7-9-8(20-10)5-6-19-9/h5-7H,1-4H3,(H,15,16)(H,17,18). The number of rotatable bonds is 4. The first-order valence-corrected chi connectivity index (χ1v) is 7.88. The van der Waals surface area contributed by atoms with Gasteiger partial charge in [-0.15, -0.1) is 22.7 Å². The predicted molar refractivity (Wildman–Crippen MR) is 82.7 cm³/mol. The summed E-state index contributed by atoms with van der Waals surface area (Å²) in [6.07, 6.45) is 0. The van der Waals surface area contributed by atoms with Crippen LogP contribution >= 0.6 is 22.7 Å². The van der Waals surface area contributed by atoms with E-state index in [0.29, 0.717) is 4.88 Å². The average Bonchev–Trinajstić information content (AvgIpc) is 2.87. The molecular formula is C14H17NO3S2. The van der Waals surface area contributed by atoms with Gasteiger partial charge >= 0.3 is 5.97 Å².